The third-order valence-corrected chi connectivity index (χ3v) is 5.05. The van der Waals surface area contributed by atoms with Gasteiger partial charge in [-0.3, -0.25) is 0 Å². The summed E-state index contributed by atoms with van der Waals surface area (Å²) in [5, 5.41) is 9.29. The van der Waals surface area contributed by atoms with Crippen molar-refractivity contribution >= 4 is 10.0 Å². The molecule has 1 aromatic rings. The van der Waals surface area contributed by atoms with E-state index in [4.69, 9.17) is 0 Å². The van der Waals surface area contributed by atoms with Crippen molar-refractivity contribution in [2.45, 2.75) is 39.7 Å². The highest BCUT2D eigenvalue weighted by Crippen LogP contribution is 2.30. The molecule has 0 unspecified atom stereocenters. The maximum Gasteiger partial charge on any atom is 0.213 e. The van der Waals surface area contributed by atoms with Gasteiger partial charge in [0, 0.05) is 0 Å². The Morgan fingerprint density at radius 2 is 1.70 bits per heavy atom. The summed E-state index contributed by atoms with van der Waals surface area (Å²) < 4.78 is 26.9. The molecule has 1 atom stereocenters. The van der Waals surface area contributed by atoms with Gasteiger partial charge in [-0.15, -0.1) is 0 Å². The van der Waals surface area contributed by atoms with Gasteiger partial charge in [-0.25, -0.2) is 8.42 Å². The van der Waals surface area contributed by atoms with Crippen LogP contribution in [-0.2, 0) is 16.4 Å². The van der Waals surface area contributed by atoms with E-state index < -0.39 is 21.0 Å². The van der Waals surface area contributed by atoms with Crippen molar-refractivity contribution < 1.29 is 8.42 Å². The molecule has 0 fully saturated rings. The first kappa shape index (κ1) is 16.7. The van der Waals surface area contributed by atoms with Crippen LogP contribution in [0.1, 0.15) is 33.3 Å². The summed E-state index contributed by atoms with van der Waals surface area (Å²) in [6.45, 7) is 7.15. The molecule has 0 bridgehead atoms. The highest BCUT2D eigenvalue weighted by molar-refractivity contribution is 7.89. The molecule has 0 saturated carbocycles. The highest BCUT2D eigenvalue weighted by atomic mass is 32.2. The minimum absolute atomic E-state index is 0.0234. The van der Waals surface area contributed by atoms with Gasteiger partial charge in [-0.2, -0.15) is 9.98 Å². The zero-order valence-electron chi connectivity index (χ0n) is 12.5. The second kappa shape index (κ2) is 5.94. The SMILES string of the molecule is CC(C)(C)[C@](C)(C#N)NS(=O)(=O)CCc1ccccc1. The van der Waals surface area contributed by atoms with E-state index in [9.17, 15) is 13.7 Å². The smallest absolute Gasteiger partial charge is 0.212 e. The lowest BCUT2D eigenvalue weighted by Crippen LogP contribution is -2.54. The fraction of sp³-hybridized carbons (Fsp3) is 0.533. The second-order valence-corrected chi connectivity index (χ2v) is 7.99. The van der Waals surface area contributed by atoms with Gasteiger partial charge in [-0.05, 0) is 24.3 Å². The molecule has 0 aliphatic heterocycles. The number of rotatable bonds is 5. The molecule has 1 N–H and O–H groups in total. The van der Waals surface area contributed by atoms with Crippen LogP contribution in [0.3, 0.4) is 0 Å². The standard InChI is InChI=1S/C15H22N2O2S/c1-14(2,3)15(4,12-16)17-20(18,19)11-10-13-8-6-5-7-9-13/h5-9,17H,10-11H2,1-4H3/t15-/m0/s1. The monoisotopic (exact) mass is 294 g/mol. The molecule has 1 rings (SSSR count). The summed E-state index contributed by atoms with van der Waals surface area (Å²) in [7, 11) is -3.51. The fourth-order valence-electron chi connectivity index (χ4n) is 1.60. The van der Waals surface area contributed by atoms with E-state index in [0.717, 1.165) is 5.56 Å². The molecule has 0 radical (unpaired) electrons. The number of aryl methyl sites for hydroxylation is 1. The van der Waals surface area contributed by atoms with Gasteiger partial charge in [-0.1, -0.05) is 51.1 Å². The van der Waals surface area contributed by atoms with E-state index in [1.807, 2.05) is 51.1 Å². The molecular formula is C15H22N2O2S. The first-order valence-electron chi connectivity index (χ1n) is 6.56. The van der Waals surface area contributed by atoms with Crippen LogP contribution in [0.15, 0.2) is 30.3 Å². The summed E-state index contributed by atoms with van der Waals surface area (Å²) in [6, 6.07) is 11.5. The summed E-state index contributed by atoms with van der Waals surface area (Å²) in [6.07, 6.45) is 0.432. The largest absolute Gasteiger partial charge is 0.213 e. The van der Waals surface area contributed by atoms with Gasteiger partial charge in [0.15, 0.2) is 0 Å². The molecule has 5 heteroatoms. The van der Waals surface area contributed by atoms with Crippen molar-refractivity contribution in [1.29, 1.82) is 5.26 Å². The first-order valence-corrected chi connectivity index (χ1v) is 8.22. The first-order chi connectivity index (χ1) is 9.10. The summed E-state index contributed by atoms with van der Waals surface area (Å²) in [5.41, 5.74) is -0.642. The van der Waals surface area contributed by atoms with Gasteiger partial charge in [0.1, 0.15) is 5.54 Å². The highest BCUT2D eigenvalue weighted by Gasteiger charge is 2.40. The average molecular weight is 294 g/mol. The predicted molar refractivity (Wildman–Crippen MR) is 80.5 cm³/mol. The predicted octanol–water partition coefficient (Wildman–Crippen LogP) is 2.48. The van der Waals surface area contributed by atoms with Crippen molar-refractivity contribution in [2.24, 2.45) is 5.41 Å². The van der Waals surface area contributed by atoms with Crippen LogP contribution >= 0.6 is 0 Å². The van der Waals surface area contributed by atoms with Crippen molar-refractivity contribution in [3.05, 3.63) is 35.9 Å². The molecule has 20 heavy (non-hydrogen) atoms. The average Bonchev–Trinajstić information content (AvgIpc) is 2.36. The van der Waals surface area contributed by atoms with Gasteiger partial charge < -0.3 is 0 Å². The van der Waals surface area contributed by atoms with Crippen LogP contribution in [0, 0.1) is 16.7 Å². The van der Waals surface area contributed by atoms with E-state index >= 15 is 0 Å². The van der Waals surface area contributed by atoms with E-state index in [2.05, 4.69) is 10.8 Å². The topological polar surface area (TPSA) is 70.0 Å². The number of sulfonamides is 1. The number of hydrogen-bond donors (Lipinski definition) is 1. The Hall–Kier alpha value is -1.38. The van der Waals surface area contributed by atoms with Gasteiger partial charge >= 0.3 is 0 Å². The normalized spacial score (nSPS) is 15.3. The van der Waals surface area contributed by atoms with Gasteiger partial charge in [0.25, 0.3) is 0 Å². The minimum atomic E-state index is -3.51. The zero-order valence-corrected chi connectivity index (χ0v) is 13.3. The molecule has 0 aliphatic rings. The van der Waals surface area contributed by atoms with E-state index in [1.54, 1.807) is 6.92 Å². The van der Waals surface area contributed by atoms with Crippen LogP contribution < -0.4 is 4.72 Å². The quantitative estimate of drug-likeness (QED) is 0.907. The lowest BCUT2D eigenvalue weighted by Gasteiger charge is -2.36. The lowest BCUT2D eigenvalue weighted by molar-refractivity contribution is 0.247. The van der Waals surface area contributed by atoms with Crippen molar-refractivity contribution in [1.82, 2.24) is 4.72 Å². The maximum atomic E-state index is 12.2. The van der Waals surface area contributed by atoms with Crippen LogP contribution in [0.4, 0.5) is 0 Å². The minimum Gasteiger partial charge on any atom is -0.212 e. The summed E-state index contributed by atoms with van der Waals surface area (Å²) in [5.74, 6) is -0.0234. The van der Waals surface area contributed by atoms with E-state index in [1.165, 1.54) is 0 Å². The van der Waals surface area contributed by atoms with Crippen molar-refractivity contribution in [3.63, 3.8) is 0 Å². The zero-order chi connectivity index (χ0) is 15.4. The van der Waals surface area contributed by atoms with Gasteiger partial charge in [0.2, 0.25) is 10.0 Å². The summed E-state index contributed by atoms with van der Waals surface area (Å²) in [4.78, 5) is 0. The van der Waals surface area contributed by atoms with Crippen LogP contribution in [0.5, 0.6) is 0 Å². The van der Waals surface area contributed by atoms with E-state index in [-0.39, 0.29) is 5.75 Å². The molecule has 1 aromatic carbocycles. The van der Waals surface area contributed by atoms with Crippen LogP contribution in [0.25, 0.3) is 0 Å². The molecular weight excluding hydrogens is 272 g/mol. The third kappa shape index (κ3) is 4.32. The number of benzene rings is 1. The molecule has 0 aromatic heterocycles. The fourth-order valence-corrected chi connectivity index (χ4v) is 3.18. The summed E-state index contributed by atoms with van der Waals surface area (Å²) >= 11 is 0. The van der Waals surface area contributed by atoms with Crippen molar-refractivity contribution in [3.8, 4) is 6.07 Å². The Kier molecular flexibility index (Phi) is 4.95. The van der Waals surface area contributed by atoms with Crippen LogP contribution in [-0.4, -0.2) is 19.7 Å². The van der Waals surface area contributed by atoms with Gasteiger partial charge in [0.05, 0.1) is 11.8 Å². The van der Waals surface area contributed by atoms with Crippen LogP contribution in [0.2, 0.25) is 0 Å². The van der Waals surface area contributed by atoms with E-state index in [0.29, 0.717) is 6.42 Å². The number of hydrogen-bond acceptors (Lipinski definition) is 3. The Balaban J connectivity index is 2.78. The molecule has 110 valence electrons. The Labute approximate surface area is 121 Å². The third-order valence-electron chi connectivity index (χ3n) is 3.59. The Morgan fingerprint density at radius 1 is 1.15 bits per heavy atom. The lowest BCUT2D eigenvalue weighted by atomic mass is 9.77. The molecule has 0 heterocycles. The molecule has 4 nitrogen and oxygen atoms in total. The molecule has 0 spiro atoms. The Morgan fingerprint density at radius 3 is 2.15 bits per heavy atom. The maximum absolute atomic E-state index is 12.2. The number of nitrogens with zero attached hydrogens (tertiary/aromatic N) is 1. The van der Waals surface area contributed by atoms with Crippen molar-refractivity contribution in [2.75, 3.05) is 5.75 Å². The molecule has 0 amide bonds. The number of nitrogens with one attached hydrogen (secondary N) is 1. The Bertz CT molecular complexity index is 583. The second-order valence-electron chi connectivity index (χ2n) is 6.14. The number of nitriles is 1. The molecule has 0 aliphatic carbocycles. The molecule has 0 saturated heterocycles.